The summed E-state index contributed by atoms with van der Waals surface area (Å²) in [6.45, 7) is 12.4. The lowest BCUT2D eigenvalue weighted by atomic mass is 9.69. The van der Waals surface area contributed by atoms with Crippen molar-refractivity contribution in [2.45, 2.75) is 72.4 Å². The lowest BCUT2D eigenvalue weighted by molar-refractivity contribution is -0.672. The second-order valence-electron chi connectivity index (χ2n) is 9.26. The number of methoxy groups -OCH3 is 2. The molecule has 1 saturated heterocycles. The smallest absolute Gasteiger partial charge is 0.161 e. The first kappa shape index (κ1) is 23.0. The predicted molar refractivity (Wildman–Crippen MR) is 115 cm³/mol. The molecule has 0 aliphatic carbocycles. The van der Waals surface area contributed by atoms with E-state index in [1.54, 1.807) is 14.2 Å². The van der Waals surface area contributed by atoms with Crippen molar-refractivity contribution in [3.05, 3.63) is 23.8 Å². The van der Waals surface area contributed by atoms with Crippen LogP contribution in [0.1, 0.15) is 65.4 Å². The summed E-state index contributed by atoms with van der Waals surface area (Å²) in [5, 5.41) is 2.44. The van der Waals surface area contributed by atoms with Gasteiger partial charge < -0.3 is 19.5 Å². The van der Waals surface area contributed by atoms with Crippen molar-refractivity contribution >= 4 is 0 Å². The molecular weight excluding hydrogens is 350 g/mol. The van der Waals surface area contributed by atoms with Crippen molar-refractivity contribution in [1.29, 1.82) is 0 Å². The normalized spacial score (nSPS) is 22.6. The molecular formula is C24H42NO3+. The Labute approximate surface area is 172 Å². The van der Waals surface area contributed by atoms with Gasteiger partial charge in [-0.15, -0.1) is 0 Å². The number of hydrogen-bond acceptors (Lipinski definition) is 3. The van der Waals surface area contributed by atoms with Gasteiger partial charge in [-0.2, -0.15) is 0 Å². The molecule has 0 radical (unpaired) electrons. The Morgan fingerprint density at radius 2 is 1.86 bits per heavy atom. The number of benzene rings is 1. The summed E-state index contributed by atoms with van der Waals surface area (Å²) < 4.78 is 16.9. The molecule has 4 heteroatoms. The van der Waals surface area contributed by atoms with Crippen molar-refractivity contribution in [2.75, 3.05) is 27.4 Å². The Kier molecular flexibility index (Phi) is 9.10. The molecule has 1 fully saturated rings. The van der Waals surface area contributed by atoms with Gasteiger partial charge in [0.2, 0.25) is 0 Å². The van der Waals surface area contributed by atoms with Crippen molar-refractivity contribution < 1.29 is 19.5 Å². The van der Waals surface area contributed by atoms with Gasteiger partial charge in [-0.3, -0.25) is 0 Å². The number of hydrogen-bond donors (Lipinski definition) is 1. The van der Waals surface area contributed by atoms with Gasteiger partial charge in [0.25, 0.3) is 0 Å². The maximum absolute atomic E-state index is 6.09. The Balaban J connectivity index is 1.92. The Morgan fingerprint density at radius 3 is 2.50 bits per heavy atom. The van der Waals surface area contributed by atoms with Crippen LogP contribution in [0.15, 0.2) is 18.2 Å². The number of nitrogens with two attached hydrogens (primary N) is 1. The minimum Gasteiger partial charge on any atom is -0.493 e. The van der Waals surface area contributed by atoms with Crippen molar-refractivity contribution in [2.24, 2.45) is 17.3 Å². The molecule has 0 aromatic heterocycles. The van der Waals surface area contributed by atoms with E-state index in [9.17, 15) is 0 Å². The van der Waals surface area contributed by atoms with Gasteiger partial charge >= 0.3 is 0 Å². The van der Waals surface area contributed by atoms with Gasteiger partial charge in [0.05, 0.1) is 26.9 Å². The quantitative estimate of drug-likeness (QED) is 0.567. The number of quaternary nitrogens is 1. The lowest BCUT2D eigenvalue weighted by Crippen LogP contribution is -2.83. The molecule has 0 amide bonds. The number of ether oxygens (including phenoxy) is 3. The van der Waals surface area contributed by atoms with Crippen LogP contribution in [0, 0.1) is 17.3 Å². The summed E-state index contributed by atoms with van der Waals surface area (Å²) in [5.74, 6) is 2.98. The standard InChI is InChI=1S/C24H41NO3/c1-18(2)9-10-24(12-14-28-23(16-24)19(3)4)11-13-25-17-20-7-8-21(26-5)22(15-20)27-6/h7-8,15,18-19,23,25H,9-14,16-17H2,1-6H3/p+1/t23-,24-/m0/s1. The lowest BCUT2D eigenvalue weighted by Gasteiger charge is -2.42. The van der Waals surface area contributed by atoms with Gasteiger partial charge in [0, 0.05) is 18.6 Å². The summed E-state index contributed by atoms with van der Waals surface area (Å²) in [5.41, 5.74) is 1.73. The van der Waals surface area contributed by atoms with E-state index >= 15 is 0 Å². The molecule has 2 rings (SSSR count). The van der Waals surface area contributed by atoms with Crippen LogP contribution in [0.2, 0.25) is 0 Å². The fourth-order valence-corrected chi connectivity index (χ4v) is 4.30. The monoisotopic (exact) mass is 392 g/mol. The first-order chi connectivity index (χ1) is 13.4. The zero-order valence-electron chi connectivity index (χ0n) is 18.9. The van der Waals surface area contributed by atoms with E-state index in [1.165, 1.54) is 37.7 Å². The topological polar surface area (TPSA) is 44.3 Å². The van der Waals surface area contributed by atoms with E-state index in [1.807, 2.05) is 6.07 Å². The first-order valence-electron chi connectivity index (χ1n) is 11.0. The van der Waals surface area contributed by atoms with Crippen LogP contribution in [0.3, 0.4) is 0 Å². The van der Waals surface area contributed by atoms with E-state index in [2.05, 4.69) is 45.1 Å². The zero-order valence-corrected chi connectivity index (χ0v) is 18.9. The second kappa shape index (κ2) is 11.1. The third-order valence-corrected chi connectivity index (χ3v) is 6.30. The molecule has 28 heavy (non-hydrogen) atoms. The van der Waals surface area contributed by atoms with Crippen molar-refractivity contribution in [3.8, 4) is 11.5 Å². The highest BCUT2D eigenvalue weighted by Gasteiger charge is 2.37. The Morgan fingerprint density at radius 1 is 1.11 bits per heavy atom. The maximum atomic E-state index is 6.09. The largest absolute Gasteiger partial charge is 0.493 e. The summed E-state index contributed by atoms with van der Waals surface area (Å²) in [6, 6.07) is 6.22. The van der Waals surface area contributed by atoms with Gasteiger partial charge in [0.15, 0.2) is 11.5 Å². The summed E-state index contributed by atoms with van der Waals surface area (Å²) in [6.07, 6.45) is 6.79. The van der Waals surface area contributed by atoms with E-state index in [0.717, 1.165) is 37.1 Å². The van der Waals surface area contributed by atoms with Gasteiger partial charge in [-0.25, -0.2) is 0 Å². The van der Waals surface area contributed by atoms with Crippen LogP contribution < -0.4 is 14.8 Å². The van der Waals surface area contributed by atoms with E-state index in [-0.39, 0.29) is 0 Å². The maximum Gasteiger partial charge on any atom is 0.161 e. The van der Waals surface area contributed by atoms with Crippen LogP contribution in [-0.4, -0.2) is 33.5 Å². The highest BCUT2D eigenvalue weighted by atomic mass is 16.5. The van der Waals surface area contributed by atoms with E-state index < -0.39 is 0 Å². The minimum absolute atomic E-state index is 0.423. The molecule has 2 N–H and O–H groups in total. The van der Waals surface area contributed by atoms with Crippen LogP contribution in [-0.2, 0) is 11.3 Å². The fraction of sp³-hybridized carbons (Fsp3) is 0.750. The van der Waals surface area contributed by atoms with Gasteiger partial charge in [-0.05, 0) is 54.7 Å². The van der Waals surface area contributed by atoms with Crippen LogP contribution in [0.4, 0.5) is 0 Å². The Hall–Kier alpha value is -1.26. The van der Waals surface area contributed by atoms with Crippen molar-refractivity contribution in [1.82, 2.24) is 0 Å². The first-order valence-corrected chi connectivity index (χ1v) is 11.0. The molecule has 1 aromatic rings. The summed E-state index contributed by atoms with van der Waals surface area (Å²) >= 11 is 0. The van der Waals surface area contributed by atoms with Crippen LogP contribution in [0.5, 0.6) is 11.5 Å². The highest BCUT2D eigenvalue weighted by Crippen LogP contribution is 2.43. The SMILES string of the molecule is COc1ccc(C[NH2+]CC[C@@]2(CCC(C)C)CCO[C@H](C(C)C)C2)cc1OC. The average molecular weight is 393 g/mol. The van der Waals surface area contributed by atoms with Crippen molar-refractivity contribution in [3.63, 3.8) is 0 Å². The molecule has 1 heterocycles. The number of rotatable bonds is 11. The minimum atomic E-state index is 0.423. The van der Waals surface area contributed by atoms with Crippen LogP contribution >= 0.6 is 0 Å². The molecule has 1 aliphatic rings. The molecule has 1 aliphatic heterocycles. The summed E-state index contributed by atoms with van der Waals surface area (Å²) in [4.78, 5) is 0. The molecule has 0 spiro atoms. The molecule has 0 bridgehead atoms. The van der Waals surface area contributed by atoms with Crippen LogP contribution in [0.25, 0.3) is 0 Å². The second-order valence-corrected chi connectivity index (χ2v) is 9.26. The average Bonchev–Trinajstić information content (AvgIpc) is 2.69. The molecule has 2 atom stereocenters. The summed E-state index contributed by atoms with van der Waals surface area (Å²) in [7, 11) is 3.37. The molecule has 4 nitrogen and oxygen atoms in total. The van der Waals surface area contributed by atoms with E-state index in [4.69, 9.17) is 14.2 Å². The third kappa shape index (κ3) is 6.66. The van der Waals surface area contributed by atoms with Gasteiger partial charge in [0.1, 0.15) is 6.54 Å². The highest BCUT2D eigenvalue weighted by molar-refractivity contribution is 5.42. The third-order valence-electron chi connectivity index (χ3n) is 6.30. The molecule has 160 valence electrons. The molecule has 1 aromatic carbocycles. The van der Waals surface area contributed by atoms with Gasteiger partial charge in [-0.1, -0.05) is 34.1 Å². The Bertz CT molecular complexity index is 587. The zero-order chi connectivity index (χ0) is 20.6. The molecule has 0 saturated carbocycles. The molecule has 0 unspecified atom stereocenters. The van der Waals surface area contributed by atoms with E-state index in [0.29, 0.717) is 17.4 Å². The fourth-order valence-electron chi connectivity index (χ4n) is 4.30. The predicted octanol–water partition coefficient (Wildman–Crippen LogP) is 4.41.